The number of allylic oxidation sites excluding steroid dienone is 2. The van der Waals surface area contributed by atoms with Crippen molar-refractivity contribution >= 4 is 5.69 Å². The molecular weight excluding hydrogens is 346 g/mol. The maximum atomic E-state index is 5.56. The minimum absolute atomic E-state index is 0.788. The molecule has 0 radical (unpaired) electrons. The maximum Gasteiger partial charge on any atom is 0.142 e. The molecule has 28 heavy (non-hydrogen) atoms. The number of piperazine rings is 1. The summed E-state index contributed by atoms with van der Waals surface area (Å²) in [6.45, 7) is 8.53. The van der Waals surface area contributed by atoms with Gasteiger partial charge in [-0.25, -0.2) is 0 Å². The summed E-state index contributed by atoms with van der Waals surface area (Å²) in [7, 11) is 1.77. The molecule has 2 heterocycles. The number of rotatable bonds is 5. The average molecular weight is 382 g/mol. The Labute approximate surface area is 170 Å². The highest BCUT2D eigenvalue weighted by Gasteiger charge is 2.37. The first-order chi connectivity index (χ1) is 13.8. The van der Waals surface area contributed by atoms with E-state index in [1.165, 1.54) is 64.1 Å². The summed E-state index contributed by atoms with van der Waals surface area (Å²) in [6.07, 6.45) is 10.6. The van der Waals surface area contributed by atoms with E-state index in [2.05, 4.69) is 51.1 Å². The molecule has 2 bridgehead atoms. The van der Waals surface area contributed by atoms with Crippen LogP contribution >= 0.6 is 0 Å². The van der Waals surface area contributed by atoms with Crippen LogP contribution in [-0.4, -0.2) is 68.8 Å². The molecule has 1 saturated carbocycles. The van der Waals surface area contributed by atoms with Crippen molar-refractivity contribution in [3.8, 4) is 5.75 Å². The molecule has 0 amide bonds. The van der Waals surface area contributed by atoms with E-state index in [-0.39, 0.29) is 0 Å². The summed E-state index contributed by atoms with van der Waals surface area (Å²) in [4.78, 5) is 8.01. The fourth-order valence-electron chi connectivity index (χ4n) is 6.12. The number of hydrogen-bond acceptors (Lipinski definition) is 4. The Morgan fingerprint density at radius 3 is 2.39 bits per heavy atom. The number of methoxy groups -OCH3 is 1. The molecule has 1 aromatic carbocycles. The normalized spacial score (nSPS) is 31.6. The van der Waals surface area contributed by atoms with E-state index < -0.39 is 0 Å². The third-order valence-electron chi connectivity index (χ3n) is 7.72. The number of para-hydroxylation sites is 2. The first-order valence-electron chi connectivity index (χ1n) is 11.3. The second-order valence-corrected chi connectivity index (χ2v) is 9.27. The van der Waals surface area contributed by atoms with Gasteiger partial charge in [-0.05, 0) is 68.7 Å². The van der Waals surface area contributed by atoms with Gasteiger partial charge in [-0.15, -0.1) is 0 Å². The molecule has 4 heteroatoms. The molecular formula is C24H35N3O. The molecule has 152 valence electrons. The van der Waals surface area contributed by atoms with Gasteiger partial charge >= 0.3 is 0 Å². The number of ether oxygens (including phenoxy) is 1. The highest BCUT2D eigenvalue weighted by Crippen LogP contribution is 2.43. The zero-order valence-corrected chi connectivity index (χ0v) is 17.3. The smallest absolute Gasteiger partial charge is 0.142 e. The quantitative estimate of drug-likeness (QED) is 0.727. The van der Waals surface area contributed by atoms with Gasteiger partial charge in [0.15, 0.2) is 0 Å². The standard InChI is InChI=1S/C24H35N3O/c1-28-24-5-3-2-4-23(24)27-14-12-26(13-15-27)22-8-10-25(11-9-22)18-21-17-19-6-7-20(21)16-19/h2-7,19-22H,8-18H2,1H3/t19-,20+,21+/m1/s1. The Hall–Kier alpha value is -1.52. The van der Waals surface area contributed by atoms with E-state index in [1.54, 1.807) is 7.11 Å². The summed E-state index contributed by atoms with van der Waals surface area (Å²) in [5, 5.41) is 0. The van der Waals surface area contributed by atoms with Crippen LogP contribution < -0.4 is 9.64 Å². The van der Waals surface area contributed by atoms with Crippen LogP contribution in [0.5, 0.6) is 5.75 Å². The zero-order valence-electron chi connectivity index (χ0n) is 17.3. The number of fused-ring (bicyclic) bond motifs is 2. The molecule has 2 saturated heterocycles. The lowest BCUT2D eigenvalue weighted by atomic mass is 9.92. The molecule has 0 N–H and O–H groups in total. The van der Waals surface area contributed by atoms with Crippen molar-refractivity contribution in [1.82, 2.24) is 9.80 Å². The van der Waals surface area contributed by atoms with Crippen molar-refractivity contribution in [3.05, 3.63) is 36.4 Å². The second kappa shape index (κ2) is 8.08. The third-order valence-corrected chi connectivity index (χ3v) is 7.72. The Morgan fingerprint density at radius 2 is 1.71 bits per heavy atom. The highest BCUT2D eigenvalue weighted by atomic mass is 16.5. The molecule has 0 aromatic heterocycles. The Kier molecular flexibility index (Phi) is 5.34. The maximum absolute atomic E-state index is 5.56. The number of nitrogens with zero attached hydrogens (tertiary/aromatic N) is 3. The van der Waals surface area contributed by atoms with Gasteiger partial charge in [0, 0.05) is 38.8 Å². The molecule has 0 unspecified atom stereocenters. The monoisotopic (exact) mass is 381 g/mol. The van der Waals surface area contributed by atoms with Crippen LogP contribution in [0.25, 0.3) is 0 Å². The number of piperidine rings is 1. The van der Waals surface area contributed by atoms with Gasteiger partial charge < -0.3 is 14.5 Å². The topological polar surface area (TPSA) is 19.0 Å². The van der Waals surface area contributed by atoms with Crippen LogP contribution in [0.1, 0.15) is 25.7 Å². The molecule has 3 atom stereocenters. The summed E-state index contributed by atoms with van der Waals surface area (Å²) < 4.78 is 5.56. The lowest BCUT2D eigenvalue weighted by Crippen LogP contribution is -2.53. The molecule has 4 aliphatic rings. The molecule has 2 aliphatic carbocycles. The lowest BCUT2D eigenvalue weighted by molar-refractivity contribution is 0.0918. The van der Waals surface area contributed by atoms with Crippen molar-refractivity contribution in [3.63, 3.8) is 0 Å². The van der Waals surface area contributed by atoms with Gasteiger partial charge in [0.05, 0.1) is 12.8 Å². The number of hydrogen-bond donors (Lipinski definition) is 0. The third kappa shape index (κ3) is 3.69. The van der Waals surface area contributed by atoms with E-state index in [0.29, 0.717) is 0 Å². The predicted octanol–water partition coefficient (Wildman–Crippen LogP) is 3.49. The molecule has 3 fully saturated rings. The van der Waals surface area contributed by atoms with Gasteiger partial charge in [0.25, 0.3) is 0 Å². The van der Waals surface area contributed by atoms with Gasteiger partial charge in [-0.1, -0.05) is 24.3 Å². The highest BCUT2D eigenvalue weighted by molar-refractivity contribution is 5.58. The van der Waals surface area contributed by atoms with Gasteiger partial charge in [0.2, 0.25) is 0 Å². The molecule has 2 aliphatic heterocycles. The Morgan fingerprint density at radius 1 is 0.929 bits per heavy atom. The van der Waals surface area contributed by atoms with E-state index >= 15 is 0 Å². The van der Waals surface area contributed by atoms with Crippen LogP contribution in [0, 0.1) is 17.8 Å². The van der Waals surface area contributed by atoms with Crippen LogP contribution in [0.2, 0.25) is 0 Å². The van der Waals surface area contributed by atoms with Crippen molar-refractivity contribution in [2.75, 3.05) is 57.8 Å². The summed E-state index contributed by atoms with van der Waals surface area (Å²) in [6, 6.07) is 9.22. The van der Waals surface area contributed by atoms with E-state index in [0.717, 1.165) is 42.6 Å². The minimum atomic E-state index is 0.788. The fraction of sp³-hybridized carbons (Fsp3) is 0.667. The van der Waals surface area contributed by atoms with E-state index in [1.807, 2.05) is 0 Å². The summed E-state index contributed by atoms with van der Waals surface area (Å²) >= 11 is 0. The minimum Gasteiger partial charge on any atom is -0.495 e. The average Bonchev–Trinajstić information content (AvgIpc) is 3.38. The number of anilines is 1. The van der Waals surface area contributed by atoms with Crippen LogP contribution in [0.15, 0.2) is 36.4 Å². The summed E-state index contributed by atoms with van der Waals surface area (Å²) in [5.74, 6) is 3.74. The predicted molar refractivity (Wildman–Crippen MR) is 115 cm³/mol. The van der Waals surface area contributed by atoms with Crippen molar-refractivity contribution in [1.29, 1.82) is 0 Å². The van der Waals surface area contributed by atoms with Gasteiger partial charge in [-0.3, -0.25) is 4.90 Å². The summed E-state index contributed by atoms with van der Waals surface area (Å²) in [5.41, 5.74) is 1.25. The largest absolute Gasteiger partial charge is 0.495 e. The Balaban J connectivity index is 1.09. The van der Waals surface area contributed by atoms with Crippen LogP contribution in [-0.2, 0) is 0 Å². The number of benzene rings is 1. The zero-order chi connectivity index (χ0) is 18.9. The SMILES string of the molecule is COc1ccccc1N1CCN(C2CCN(C[C@@H]3C[C@@H]4C=C[C@H]3C4)CC2)CC1. The second-order valence-electron chi connectivity index (χ2n) is 9.27. The molecule has 4 nitrogen and oxygen atoms in total. The Bertz CT molecular complexity index is 689. The van der Waals surface area contributed by atoms with Gasteiger partial charge in [-0.2, -0.15) is 0 Å². The van der Waals surface area contributed by atoms with Gasteiger partial charge in [0.1, 0.15) is 5.75 Å². The lowest BCUT2D eigenvalue weighted by Gasteiger charge is -2.44. The fourth-order valence-corrected chi connectivity index (χ4v) is 6.12. The molecule has 5 rings (SSSR count). The van der Waals surface area contributed by atoms with Crippen molar-refractivity contribution in [2.45, 2.75) is 31.7 Å². The number of likely N-dealkylation sites (tertiary alicyclic amines) is 1. The van der Waals surface area contributed by atoms with Crippen molar-refractivity contribution in [2.24, 2.45) is 17.8 Å². The van der Waals surface area contributed by atoms with Crippen LogP contribution in [0.3, 0.4) is 0 Å². The molecule has 0 spiro atoms. The van der Waals surface area contributed by atoms with Crippen LogP contribution in [0.4, 0.5) is 5.69 Å². The van der Waals surface area contributed by atoms with E-state index in [4.69, 9.17) is 4.74 Å². The first-order valence-corrected chi connectivity index (χ1v) is 11.3. The van der Waals surface area contributed by atoms with E-state index in [9.17, 15) is 0 Å². The first kappa shape index (κ1) is 18.5. The molecule has 1 aromatic rings. The van der Waals surface area contributed by atoms with Crippen molar-refractivity contribution < 1.29 is 4.74 Å².